The van der Waals surface area contributed by atoms with Crippen molar-refractivity contribution in [1.82, 2.24) is 0 Å². The van der Waals surface area contributed by atoms with Crippen LogP contribution in [0, 0.1) is 16.7 Å². The molecule has 0 bridgehead atoms. The number of ether oxygens (including phenoxy) is 2. The fourth-order valence-corrected chi connectivity index (χ4v) is 6.42. The van der Waals surface area contributed by atoms with Gasteiger partial charge in [0.2, 0.25) is 0 Å². The summed E-state index contributed by atoms with van der Waals surface area (Å²) in [4.78, 5) is 32.1. The van der Waals surface area contributed by atoms with Crippen LogP contribution in [0.2, 0.25) is 0 Å². The smallest absolute Gasteiger partial charge is 0.329 e. The van der Waals surface area contributed by atoms with E-state index in [4.69, 9.17) is 9.47 Å². The Morgan fingerprint density at radius 3 is 2.38 bits per heavy atom. The normalized spacial score (nSPS) is 22.9. The highest BCUT2D eigenvalue weighted by Crippen LogP contribution is 2.56. The predicted octanol–water partition coefficient (Wildman–Crippen LogP) is 5.46. The second-order valence-corrected chi connectivity index (χ2v) is 10.7. The molecule has 2 heterocycles. The van der Waals surface area contributed by atoms with Crippen molar-refractivity contribution in [3.8, 4) is 11.8 Å². The Bertz CT molecular complexity index is 1510. The maximum atomic E-state index is 14.5. The van der Waals surface area contributed by atoms with Crippen molar-refractivity contribution >= 4 is 45.1 Å². The van der Waals surface area contributed by atoms with Crippen LogP contribution in [0.25, 0.3) is 6.08 Å². The third kappa shape index (κ3) is 4.09. The molecule has 2 aliphatic heterocycles. The number of anilines is 2. The number of nitriles is 1. The van der Waals surface area contributed by atoms with Gasteiger partial charge in [0, 0.05) is 37.0 Å². The Kier molecular flexibility index (Phi) is 6.96. The lowest BCUT2D eigenvalue weighted by atomic mass is 9.68. The molecule has 8 heteroatoms. The van der Waals surface area contributed by atoms with Crippen molar-refractivity contribution in [2.45, 2.75) is 18.0 Å². The number of carbonyl (C=O) groups excluding carboxylic acids is 2. The van der Waals surface area contributed by atoms with E-state index in [9.17, 15) is 14.9 Å². The lowest BCUT2D eigenvalue weighted by molar-refractivity contribution is -0.150. The molecule has 0 spiro atoms. The molecule has 4 atom stereocenters. The molecule has 0 aromatic heterocycles. The van der Waals surface area contributed by atoms with Gasteiger partial charge in [-0.2, -0.15) is 5.26 Å². The van der Waals surface area contributed by atoms with Gasteiger partial charge in [0.25, 0.3) is 0 Å². The second kappa shape index (κ2) is 10.2. The molecule has 5 rings (SSSR count). The van der Waals surface area contributed by atoms with Gasteiger partial charge in [-0.25, -0.2) is 0 Å². The molecule has 1 saturated heterocycles. The van der Waals surface area contributed by atoms with E-state index in [0.717, 1.165) is 16.9 Å². The lowest BCUT2D eigenvalue weighted by Crippen LogP contribution is -2.46. The van der Waals surface area contributed by atoms with Crippen molar-refractivity contribution in [3.05, 3.63) is 94.0 Å². The first-order valence-electron chi connectivity index (χ1n) is 12.5. The molecule has 0 amide bonds. The van der Waals surface area contributed by atoms with Crippen molar-refractivity contribution in [2.75, 3.05) is 38.1 Å². The predicted molar refractivity (Wildman–Crippen MR) is 154 cm³/mol. The second-order valence-electron chi connectivity index (χ2n) is 9.86. The molecule has 0 unspecified atom stereocenters. The summed E-state index contributed by atoms with van der Waals surface area (Å²) in [5.41, 5.74) is 2.12. The van der Waals surface area contributed by atoms with Gasteiger partial charge in [-0.15, -0.1) is 0 Å². The molecule has 2 aliphatic rings. The molecule has 7 nitrogen and oxygen atoms in total. The molecular weight excluding hydrogens is 558 g/mol. The van der Waals surface area contributed by atoms with Gasteiger partial charge >= 0.3 is 5.97 Å². The minimum Gasteiger partial charge on any atom is -0.496 e. The zero-order valence-corrected chi connectivity index (χ0v) is 23.7. The summed E-state index contributed by atoms with van der Waals surface area (Å²) in [5.74, 6) is -1.10. The fourth-order valence-electron chi connectivity index (χ4n) is 5.88. The summed E-state index contributed by atoms with van der Waals surface area (Å²) in [5, 5.41) is 10.8. The highest BCUT2D eigenvalue weighted by molar-refractivity contribution is 9.10. The number of halogens is 1. The Morgan fingerprint density at radius 1 is 1.05 bits per heavy atom. The quantitative estimate of drug-likeness (QED) is 0.280. The number of rotatable bonds is 6. The largest absolute Gasteiger partial charge is 0.496 e. The summed E-state index contributed by atoms with van der Waals surface area (Å²) in [6.07, 6.45) is 3.76. The van der Waals surface area contributed by atoms with Crippen LogP contribution in [0.3, 0.4) is 0 Å². The summed E-state index contributed by atoms with van der Waals surface area (Å²) in [6, 6.07) is 21.3. The number of methoxy groups -OCH3 is 2. The first kappa shape index (κ1) is 26.5. The van der Waals surface area contributed by atoms with E-state index in [2.05, 4.69) is 22.0 Å². The Hall–Kier alpha value is -4.09. The van der Waals surface area contributed by atoms with Gasteiger partial charge in [-0.05, 0) is 63.5 Å². The van der Waals surface area contributed by atoms with Gasteiger partial charge in [-0.3, -0.25) is 9.59 Å². The summed E-state index contributed by atoms with van der Waals surface area (Å²) >= 11 is 3.50. The van der Waals surface area contributed by atoms with Gasteiger partial charge in [0.05, 0.1) is 30.8 Å². The van der Waals surface area contributed by atoms with Crippen molar-refractivity contribution in [1.29, 1.82) is 5.26 Å². The van der Waals surface area contributed by atoms with Crippen LogP contribution < -0.4 is 14.5 Å². The van der Waals surface area contributed by atoms with Gasteiger partial charge < -0.3 is 19.3 Å². The number of Topliss-reactive ketones (excluding diaryl/α,β-unsaturated/α-hetero) is 1. The summed E-state index contributed by atoms with van der Waals surface area (Å²) in [6.45, 7) is 0. The van der Waals surface area contributed by atoms with Crippen molar-refractivity contribution in [3.63, 3.8) is 0 Å². The summed E-state index contributed by atoms with van der Waals surface area (Å²) in [7, 11) is 6.72. The van der Waals surface area contributed by atoms with Crippen LogP contribution >= 0.6 is 15.9 Å². The number of esters is 1. The van der Waals surface area contributed by atoms with E-state index >= 15 is 0 Å². The van der Waals surface area contributed by atoms with Crippen LogP contribution in [0.15, 0.2) is 77.3 Å². The number of nitrogens with zero attached hydrogens (tertiary/aromatic N) is 3. The van der Waals surface area contributed by atoms with Crippen LogP contribution in [0.4, 0.5) is 11.4 Å². The molecule has 39 heavy (non-hydrogen) atoms. The molecular formula is C31H28BrN3O4. The number of ketones is 1. The van der Waals surface area contributed by atoms with E-state index in [1.807, 2.05) is 84.6 Å². The first-order chi connectivity index (χ1) is 18.8. The first-order valence-corrected chi connectivity index (χ1v) is 13.3. The third-order valence-electron chi connectivity index (χ3n) is 7.73. The highest BCUT2D eigenvalue weighted by Gasteiger charge is 2.67. The van der Waals surface area contributed by atoms with Gasteiger partial charge in [-0.1, -0.05) is 42.5 Å². The van der Waals surface area contributed by atoms with E-state index in [-0.39, 0.29) is 5.78 Å². The molecule has 0 N–H and O–H groups in total. The molecule has 0 saturated carbocycles. The zero-order chi connectivity index (χ0) is 27.9. The monoisotopic (exact) mass is 585 g/mol. The minimum absolute atomic E-state index is 0.212. The fraction of sp³-hybridized carbons (Fsp3) is 0.258. The van der Waals surface area contributed by atoms with Crippen molar-refractivity contribution < 1.29 is 19.1 Å². The maximum Gasteiger partial charge on any atom is 0.329 e. The average molecular weight is 586 g/mol. The van der Waals surface area contributed by atoms with Gasteiger partial charge in [0.1, 0.15) is 11.8 Å². The topological polar surface area (TPSA) is 82.9 Å². The highest BCUT2D eigenvalue weighted by atomic mass is 79.9. The number of hydrogen-bond acceptors (Lipinski definition) is 7. The SMILES string of the molecule is COC(=O)[C@]1(C#N)[C@H](c2ccc(N(C)C)cc2)[C@H](C(=O)c2ccc(OC)c(Br)c2)N2c3ccccc3C=C[C@@H]21. The molecule has 1 fully saturated rings. The van der Waals surface area contributed by atoms with Crippen LogP contribution in [-0.2, 0) is 9.53 Å². The van der Waals surface area contributed by atoms with E-state index in [1.54, 1.807) is 25.3 Å². The minimum atomic E-state index is -1.68. The van der Waals surface area contributed by atoms with E-state index in [0.29, 0.717) is 21.3 Å². The molecule has 0 radical (unpaired) electrons. The standard InChI is InChI=1S/C31H28BrN3O4/c1-34(2)22-13-9-20(10-14-22)27-28(29(36)21-11-15-25(38-3)23(32)17-21)35-24-8-6-5-7-19(24)12-16-26(35)31(27,18-33)30(37)39-4/h5-17,26-28H,1-4H3/t26-,27-,28-,31+/m1/s1. The number of fused-ring (bicyclic) bond motifs is 3. The number of benzene rings is 3. The van der Waals surface area contributed by atoms with Gasteiger partial charge in [0.15, 0.2) is 11.2 Å². The van der Waals surface area contributed by atoms with E-state index < -0.39 is 29.4 Å². The average Bonchev–Trinajstić information content (AvgIpc) is 3.28. The number of hydrogen-bond donors (Lipinski definition) is 0. The third-order valence-corrected chi connectivity index (χ3v) is 8.35. The molecule has 0 aliphatic carbocycles. The van der Waals surface area contributed by atoms with Crippen LogP contribution in [0.1, 0.15) is 27.4 Å². The van der Waals surface area contributed by atoms with Crippen molar-refractivity contribution in [2.24, 2.45) is 5.41 Å². The molecule has 198 valence electrons. The summed E-state index contributed by atoms with van der Waals surface area (Å²) < 4.78 is 11.3. The Labute approximate surface area is 236 Å². The van der Waals surface area contributed by atoms with Crippen LogP contribution in [-0.4, -0.2) is 52.2 Å². The van der Waals surface area contributed by atoms with E-state index in [1.165, 1.54) is 7.11 Å². The number of carbonyl (C=O) groups is 2. The zero-order valence-electron chi connectivity index (χ0n) is 22.1. The number of para-hydroxylation sites is 1. The molecule has 3 aromatic rings. The van der Waals surface area contributed by atoms with Crippen LogP contribution in [0.5, 0.6) is 5.75 Å². The molecule has 3 aromatic carbocycles. The lowest BCUT2D eigenvalue weighted by Gasteiger charge is -2.36. The Morgan fingerprint density at radius 2 is 1.77 bits per heavy atom. The Balaban J connectivity index is 1.78. The maximum absolute atomic E-state index is 14.5.